The summed E-state index contributed by atoms with van der Waals surface area (Å²) >= 11 is 0. The number of esters is 1. The molecule has 2 N–H and O–H groups in total. The topological polar surface area (TPSA) is 85.2 Å². The van der Waals surface area contributed by atoms with Gasteiger partial charge in [0.15, 0.2) is 12.4 Å². The number of carbonyl (C=O) groups excluding carboxylic acids is 1. The van der Waals surface area contributed by atoms with Gasteiger partial charge in [-0.3, -0.25) is 4.79 Å². The van der Waals surface area contributed by atoms with Crippen molar-refractivity contribution in [1.29, 1.82) is 0 Å². The average molecular weight is 467 g/mol. The largest absolute Gasteiger partial charge is 0.457 e. The molecule has 0 aromatic heterocycles. The van der Waals surface area contributed by atoms with Gasteiger partial charge in [0.2, 0.25) is 0 Å². The summed E-state index contributed by atoms with van der Waals surface area (Å²) in [5.74, 6) is 1.49. The summed E-state index contributed by atoms with van der Waals surface area (Å²) in [4.78, 5) is 11.2. The monoisotopic (exact) mass is 466 g/mol. The van der Waals surface area contributed by atoms with Gasteiger partial charge in [-0.2, -0.15) is 0 Å². The van der Waals surface area contributed by atoms with E-state index in [2.05, 4.69) is 34.3 Å². The van der Waals surface area contributed by atoms with E-state index in [9.17, 15) is 15.0 Å². The molecule has 0 bridgehead atoms. The fraction of sp³-hybridized carbons (Fsp3) is 0.889. The Bertz CT molecular complexity index is 707. The fourth-order valence-electron chi connectivity index (χ4n) is 7.33. The Kier molecular flexibility index (Phi) is 8.05. The predicted molar refractivity (Wildman–Crippen MR) is 127 cm³/mol. The molecule has 9 unspecified atom stereocenters. The Hall–Kier alpha value is -0.950. The summed E-state index contributed by atoms with van der Waals surface area (Å²) in [6, 6.07) is 0. The molecule has 2 aliphatic carbocycles. The highest BCUT2D eigenvalue weighted by Crippen LogP contribution is 2.62. The maximum atomic E-state index is 11.2. The Morgan fingerprint density at radius 2 is 1.91 bits per heavy atom. The number of aliphatic hydroxyl groups excluding tert-OH is 2. The van der Waals surface area contributed by atoms with Gasteiger partial charge in [0, 0.05) is 6.92 Å². The van der Waals surface area contributed by atoms with Crippen LogP contribution in [-0.2, 0) is 19.0 Å². The summed E-state index contributed by atoms with van der Waals surface area (Å²) < 4.78 is 16.9. The molecule has 3 fully saturated rings. The molecule has 0 spiro atoms. The van der Waals surface area contributed by atoms with Crippen molar-refractivity contribution in [2.75, 3.05) is 6.61 Å². The molecule has 1 aliphatic heterocycles. The van der Waals surface area contributed by atoms with Gasteiger partial charge in [0.25, 0.3) is 0 Å². The normalized spacial score (nSPS) is 42.6. The van der Waals surface area contributed by atoms with Crippen molar-refractivity contribution in [1.82, 2.24) is 0 Å². The van der Waals surface area contributed by atoms with Gasteiger partial charge in [-0.15, -0.1) is 6.58 Å². The Morgan fingerprint density at radius 1 is 1.21 bits per heavy atom. The highest BCUT2D eigenvalue weighted by molar-refractivity contribution is 5.66. The molecule has 9 atom stereocenters. The number of ether oxygens (including phenoxy) is 3. The summed E-state index contributed by atoms with van der Waals surface area (Å²) in [6.07, 6.45) is 5.59. The SMILES string of the molecule is C=CC(C)(CCC1C(C)CCC2C(C)(C)CCCC12C)OC1OCC(OC(C)=O)C(O)C1O. The zero-order chi connectivity index (χ0) is 24.6. The first-order valence-electron chi connectivity index (χ1n) is 12.8. The third kappa shape index (κ3) is 5.50. The van der Waals surface area contributed by atoms with Crippen LogP contribution in [0.2, 0.25) is 0 Å². The van der Waals surface area contributed by atoms with E-state index >= 15 is 0 Å². The van der Waals surface area contributed by atoms with E-state index in [0.29, 0.717) is 22.7 Å². The van der Waals surface area contributed by atoms with E-state index in [1.165, 1.54) is 39.0 Å². The summed E-state index contributed by atoms with van der Waals surface area (Å²) in [5.41, 5.74) is 0.0148. The van der Waals surface area contributed by atoms with Gasteiger partial charge in [0.1, 0.15) is 12.2 Å². The highest BCUT2D eigenvalue weighted by Gasteiger charge is 2.54. The maximum Gasteiger partial charge on any atom is 0.303 e. The van der Waals surface area contributed by atoms with E-state index in [1.807, 2.05) is 6.92 Å². The molecule has 33 heavy (non-hydrogen) atoms. The number of hydrogen-bond acceptors (Lipinski definition) is 6. The van der Waals surface area contributed by atoms with Crippen LogP contribution in [0, 0.1) is 28.6 Å². The Morgan fingerprint density at radius 3 is 2.55 bits per heavy atom. The smallest absolute Gasteiger partial charge is 0.303 e. The van der Waals surface area contributed by atoms with Crippen LogP contribution in [0.4, 0.5) is 0 Å². The lowest BCUT2D eigenvalue weighted by Gasteiger charge is -2.59. The lowest BCUT2D eigenvalue weighted by atomic mass is 9.46. The van der Waals surface area contributed by atoms with Crippen molar-refractivity contribution in [2.45, 2.75) is 117 Å². The molecule has 3 aliphatic rings. The average Bonchev–Trinajstić information content (AvgIpc) is 2.72. The number of rotatable bonds is 7. The zero-order valence-corrected chi connectivity index (χ0v) is 21.5. The van der Waals surface area contributed by atoms with Crippen molar-refractivity contribution in [2.24, 2.45) is 28.6 Å². The van der Waals surface area contributed by atoms with Gasteiger partial charge in [0.05, 0.1) is 12.2 Å². The number of carbonyl (C=O) groups is 1. The molecule has 0 amide bonds. The van der Waals surface area contributed by atoms with E-state index in [4.69, 9.17) is 14.2 Å². The van der Waals surface area contributed by atoms with E-state index < -0.39 is 36.2 Å². The van der Waals surface area contributed by atoms with Crippen molar-refractivity contribution in [3.63, 3.8) is 0 Å². The van der Waals surface area contributed by atoms with Crippen LogP contribution in [-0.4, -0.2) is 53.0 Å². The first-order valence-corrected chi connectivity index (χ1v) is 12.8. The lowest BCUT2D eigenvalue weighted by molar-refractivity contribution is -0.295. The van der Waals surface area contributed by atoms with Gasteiger partial charge in [-0.25, -0.2) is 0 Å². The van der Waals surface area contributed by atoms with Crippen LogP contribution >= 0.6 is 0 Å². The van der Waals surface area contributed by atoms with Gasteiger partial charge in [-0.1, -0.05) is 46.6 Å². The predicted octanol–water partition coefficient (Wildman–Crippen LogP) is 4.62. The fourth-order valence-corrected chi connectivity index (χ4v) is 7.33. The number of hydrogen-bond donors (Lipinski definition) is 2. The molecule has 0 aromatic rings. The van der Waals surface area contributed by atoms with Gasteiger partial charge < -0.3 is 24.4 Å². The van der Waals surface area contributed by atoms with E-state index in [1.54, 1.807) is 6.08 Å². The first-order chi connectivity index (χ1) is 15.3. The van der Waals surface area contributed by atoms with Crippen LogP contribution in [0.15, 0.2) is 12.7 Å². The zero-order valence-electron chi connectivity index (χ0n) is 21.5. The summed E-state index contributed by atoms with van der Waals surface area (Å²) in [5, 5.41) is 21.0. The van der Waals surface area contributed by atoms with Crippen LogP contribution in [0.3, 0.4) is 0 Å². The highest BCUT2D eigenvalue weighted by atomic mass is 16.7. The van der Waals surface area contributed by atoms with E-state index in [-0.39, 0.29) is 6.61 Å². The Balaban J connectivity index is 1.67. The van der Waals surface area contributed by atoms with Crippen LogP contribution < -0.4 is 0 Å². The lowest BCUT2D eigenvalue weighted by Crippen LogP contribution is -2.56. The summed E-state index contributed by atoms with van der Waals surface area (Å²) in [7, 11) is 0. The summed E-state index contributed by atoms with van der Waals surface area (Å²) in [6.45, 7) is 17.0. The third-order valence-electron chi connectivity index (χ3n) is 9.24. The second-order valence-corrected chi connectivity index (χ2v) is 12.1. The molecule has 6 nitrogen and oxygen atoms in total. The second kappa shape index (κ2) is 9.96. The maximum absolute atomic E-state index is 11.2. The molecule has 0 aromatic carbocycles. The number of fused-ring (bicyclic) bond motifs is 1. The minimum Gasteiger partial charge on any atom is -0.457 e. The third-order valence-corrected chi connectivity index (χ3v) is 9.24. The molecule has 1 heterocycles. The molecule has 0 radical (unpaired) electrons. The molecule has 3 rings (SSSR count). The van der Waals surface area contributed by atoms with Crippen LogP contribution in [0.1, 0.15) is 86.5 Å². The number of aliphatic hydroxyl groups is 2. The first kappa shape index (κ1) is 26.7. The minimum atomic E-state index is -1.31. The van der Waals surface area contributed by atoms with Crippen LogP contribution in [0.5, 0.6) is 0 Å². The van der Waals surface area contributed by atoms with Crippen molar-refractivity contribution < 1.29 is 29.2 Å². The quantitative estimate of drug-likeness (QED) is 0.421. The minimum absolute atomic E-state index is 0.0236. The molecular weight excluding hydrogens is 420 g/mol. The van der Waals surface area contributed by atoms with E-state index in [0.717, 1.165) is 18.8 Å². The van der Waals surface area contributed by atoms with Crippen molar-refractivity contribution >= 4 is 5.97 Å². The Labute approximate surface area is 200 Å². The molecule has 190 valence electrons. The molecular formula is C27H46O6. The molecule has 2 saturated carbocycles. The van der Waals surface area contributed by atoms with Crippen molar-refractivity contribution in [3.05, 3.63) is 12.7 Å². The van der Waals surface area contributed by atoms with Gasteiger partial charge >= 0.3 is 5.97 Å². The van der Waals surface area contributed by atoms with Crippen LogP contribution in [0.25, 0.3) is 0 Å². The van der Waals surface area contributed by atoms with Crippen molar-refractivity contribution in [3.8, 4) is 0 Å². The standard InChI is InChI=1S/C27H46O6/c1-8-26(6,33-24-23(30)22(29)20(16-31-24)32-18(3)28)15-12-19-17(2)10-11-21-25(4,5)13-9-14-27(19,21)7/h8,17,19-24,29-30H,1,9-16H2,2-7H3. The van der Waals surface area contributed by atoms with Gasteiger partial charge in [-0.05, 0) is 67.6 Å². The molecule has 6 heteroatoms. The second-order valence-electron chi connectivity index (χ2n) is 12.1. The molecule has 1 saturated heterocycles.